The average Bonchev–Trinajstić information content (AvgIpc) is 3.08. The average molecular weight is 576 g/mol. The summed E-state index contributed by atoms with van der Waals surface area (Å²) in [7, 11) is 0. The number of phenolic OH excluding ortho intramolecular Hbond substituents is 2. The molecule has 3 N–H and O–H groups in total. The second kappa shape index (κ2) is 7.88. The van der Waals surface area contributed by atoms with E-state index in [2.05, 4.69) is 31.9 Å². The van der Waals surface area contributed by atoms with E-state index in [4.69, 9.17) is 4.74 Å². The minimum Gasteiger partial charge on any atom is -0.507 e. The number of esters is 1. The van der Waals surface area contributed by atoms with Crippen LogP contribution >= 0.6 is 31.9 Å². The first kappa shape index (κ1) is 23.3. The van der Waals surface area contributed by atoms with Crippen LogP contribution in [-0.2, 0) is 10.3 Å². The van der Waals surface area contributed by atoms with Crippen molar-refractivity contribution in [3.8, 4) is 11.5 Å². The van der Waals surface area contributed by atoms with E-state index in [1.807, 2.05) is 13.8 Å². The quantitative estimate of drug-likeness (QED) is 0.330. The topological polar surface area (TPSA) is 104 Å². The Bertz CT molecular complexity index is 1310. The second-order valence-corrected chi connectivity index (χ2v) is 9.70. The van der Waals surface area contributed by atoms with Crippen LogP contribution in [0.25, 0.3) is 0 Å². The number of halogens is 2. The van der Waals surface area contributed by atoms with Gasteiger partial charge in [-0.3, -0.25) is 0 Å². The number of aromatic carboxylic acids is 1. The van der Waals surface area contributed by atoms with Crippen molar-refractivity contribution in [2.24, 2.45) is 0 Å². The summed E-state index contributed by atoms with van der Waals surface area (Å²) in [6.07, 6.45) is 0. The number of rotatable bonds is 3. The number of carbonyl (C=O) groups is 2. The molecule has 170 valence electrons. The zero-order valence-electron chi connectivity index (χ0n) is 18.2. The number of hydrogen-bond acceptors (Lipinski definition) is 5. The molecule has 8 heteroatoms. The lowest BCUT2D eigenvalue weighted by Gasteiger charge is -2.35. The number of aromatic hydroxyl groups is 2. The lowest BCUT2D eigenvalue weighted by Crippen LogP contribution is -2.33. The molecule has 3 aromatic carbocycles. The summed E-state index contributed by atoms with van der Waals surface area (Å²) in [5.74, 6) is -2.08. The van der Waals surface area contributed by atoms with Gasteiger partial charge in [0.15, 0.2) is 5.60 Å². The lowest BCUT2D eigenvalue weighted by molar-refractivity contribution is 0.0240. The maximum Gasteiger partial charge on any atom is 0.340 e. The minimum atomic E-state index is -1.71. The van der Waals surface area contributed by atoms with Crippen molar-refractivity contribution in [2.75, 3.05) is 0 Å². The maximum atomic E-state index is 13.1. The number of phenols is 2. The predicted molar refractivity (Wildman–Crippen MR) is 129 cm³/mol. The summed E-state index contributed by atoms with van der Waals surface area (Å²) in [5, 5.41) is 31.4. The number of carbonyl (C=O) groups excluding carboxylic acids is 1. The first-order chi connectivity index (χ1) is 15.4. The van der Waals surface area contributed by atoms with Gasteiger partial charge < -0.3 is 20.1 Å². The zero-order chi connectivity index (χ0) is 24.4. The van der Waals surface area contributed by atoms with Crippen molar-refractivity contribution in [1.82, 2.24) is 0 Å². The van der Waals surface area contributed by atoms with Crippen LogP contribution in [0.1, 0.15) is 59.7 Å². The van der Waals surface area contributed by atoms with Gasteiger partial charge in [-0.05, 0) is 106 Å². The number of benzene rings is 3. The molecule has 0 fully saturated rings. The Morgan fingerprint density at radius 3 is 1.82 bits per heavy atom. The summed E-state index contributed by atoms with van der Waals surface area (Å²) >= 11 is 6.75. The highest BCUT2D eigenvalue weighted by molar-refractivity contribution is 9.11. The molecular formula is C25H20Br2O6. The summed E-state index contributed by atoms with van der Waals surface area (Å²) in [5.41, 5.74) is 2.09. The van der Waals surface area contributed by atoms with Gasteiger partial charge in [-0.2, -0.15) is 0 Å². The third-order valence-corrected chi connectivity index (χ3v) is 8.48. The second-order valence-electron chi connectivity index (χ2n) is 8.12. The van der Waals surface area contributed by atoms with Crippen LogP contribution in [0, 0.1) is 27.7 Å². The number of fused-ring (bicyclic) bond motifs is 1. The largest absolute Gasteiger partial charge is 0.507 e. The first-order valence-corrected chi connectivity index (χ1v) is 11.6. The molecule has 0 unspecified atom stereocenters. The third kappa shape index (κ3) is 3.19. The first-order valence-electron chi connectivity index (χ1n) is 10.0. The molecule has 0 aliphatic carbocycles. The fraction of sp³-hybridized carbons (Fsp3) is 0.200. The van der Waals surface area contributed by atoms with Crippen LogP contribution in [0.15, 0.2) is 39.3 Å². The monoisotopic (exact) mass is 574 g/mol. The normalized spacial score (nSPS) is 14.2. The Morgan fingerprint density at radius 2 is 1.36 bits per heavy atom. The standard InChI is InChI=1S/C25H20Br2O6/c1-10-12(3)21(26)18(28)8-16(10)25(17-9-19(29)22(27)13(4)11(17)2)20-14(23(30)31)6-5-7-15(20)24(32)33-25/h5-9,28-29H,1-4H3,(H,30,31). The van der Waals surface area contributed by atoms with Gasteiger partial charge >= 0.3 is 11.9 Å². The maximum absolute atomic E-state index is 13.1. The van der Waals surface area contributed by atoms with Crippen LogP contribution in [0.5, 0.6) is 11.5 Å². The Morgan fingerprint density at radius 1 is 0.879 bits per heavy atom. The van der Waals surface area contributed by atoms with Gasteiger partial charge in [0.25, 0.3) is 0 Å². The summed E-state index contributed by atoms with van der Waals surface area (Å²) in [4.78, 5) is 25.4. The molecule has 6 nitrogen and oxygen atoms in total. The summed E-state index contributed by atoms with van der Waals surface area (Å²) < 4.78 is 7.06. The van der Waals surface area contributed by atoms with E-state index in [-0.39, 0.29) is 28.2 Å². The molecule has 4 rings (SSSR count). The van der Waals surface area contributed by atoms with E-state index in [1.165, 1.54) is 30.3 Å². The highest BCUT2D eigenvalue weighted by Crippen LogP contribution is 2.53. The van der Waals surface area contributed by atoms with Crippen LogP contribution in [-0.4, -0.2) is 27.3 Å². The van der Waals surface area contributed by atoms with Crippen LogP contribution in [0.3, 0.4) is 0 Å². The van der Waals surface area contributed by atoms with Gasteiger partial charge in [-0.1, -0.05) is 6.07 Å². The molecule has 1 aliphatic rings. The van der Waals surface area contributed by atoms with Gasteiger partial charge in [-0.25, -0.2) is 9.59 Å². The van der Waals surface area contributed by atoms with E-state index in [0.717, 1.165) is 0 Å². The fourth-order valence-electron chi connectivity index (χ4n) is 4.51. The third-order valence-electron chi connectivity index (χ3n) is 6.47. The molecule has 0 amide bonds. The van der Waals surface area contributed by atoms with Crippen molar-refractivity contribution >= 4 is 43.8 Å². The molecular weight excluding hydrogens is 556 g/mol. The molecule has 0 saturated heterocycles. The fourth-order valence-corrected chi connectivity index (χ4v) is 5.34. The molecule has 0 bridgehead atoms. The van der Waals surface area contributed by atoms with Gasteiger partial charge in [-0.15, -0.1) is 0 Å². The molecule has 0 aromatic heterocycles. The molecule has 3 aromatic rings. The van der Waals surface area contributed by atoms with E-state index in [0.29, 0.717) is 42.3 Å². The Kier molecular flexibility index (Phi) is 5.57. The predicted octanol–water partition coefficient (Wildman–Crippen LogP) is 6.02. The van der Waals surface area contributed by atoms with Gasteiger partial charge in [0.05, 0.1) is 20.1 Å². The van der Waals surface area contributed by atoms with Gasteiger partial charge in [0.2, 0.25) is 0 Å². The Hall–Kier alpha value is -2.84. The van der Waals surface area contributed by atoms with Crippen LogP contribution in [0.4, 0.5) is 0 Å². The molecule has 1 aliphatic heterocycles. The molecule has 1 heterocycles. The van der Waals surface area contributed by atoms with E-state index >= 15 is 0 Å². The number of hydrogen-bond donors (Lipinski definition) is 3. The summed E-state index contributed by atoms with van der Waals surface area (Å²) in [6.45, 7) is 7.22. The molecule has 33 heavy (non-hydrogen) atoms. The molecule has 0 radical (unpaired) electrons. The van der Waals surface area contributed by atoms with Gasteiger partial charge in [0.1, 0.15) is 11.5 Å². The number of ether oxygens (including phenoxy) is 1. The highest BCUT2D eigenvalue weighted by Gasteiger charge is 2.53. The van der Waals surface area contributed by atoms with Crippen LogP contribution in [0.2, 0.25) is 0 Å². The number of carboxylic acids is 1. The number of carboxylic acid groups (broad SMARTS) is 1. The molecule has 0 atom stereocenters. The minimum absolute atomic E-state index is 0.0829. The Balaban J connectivity index is 2.29. The SMILES string of the molecule is Cc1c(C2(c3cc(O)c(Br)c(C)c3C)OC(=O)c3cccc(C(=O)O)c32)cc(O)c(Br)c1C. The highest BCUT2D eigenvalue weighted by atomic mass is 79.9. The van der Waals surface area contributed by atoms with Crippen molar-refractivity contribution < 1.29 is 29.6 Å². The van der Waals surface area contributed by atoms with Gasteiger partial charge in [0, 0.05) is 16.7 Å². The van der Waals surface area contributed by atoms with E-state index in [1.54, 1.807) is 13.8 Å². The number of cyclic esters (lactones) is 1. The van der Waals surface area contributed by atoms with Crippen molar-refractivity contribution in [3.63, 3.8) is 0 Å². The lowest BCUT2D eigenvalue weighted by atomic mass is 9.73. The smallest absolute Gasteiger partial charge is 0.340 e. The Labute approximate surface area is 207 Å². The van der Waals surface area contributed by atoms with E-state index in [9.17, 15) is 24.9 Å². The summed E-state index contributed by atoms with van der Waals surface area (Å²) in [6, 6.07) is 7.38. The van der Waals surface area contributed by atoms with E-state index < -0.39 is 17.5 Å². The van der Waals surface area contributed by atoms with Crippen molar-refractivity contribution in [3.05, 3.63) is 89.3 Å². The van der Waals surface area contributed by atoms with Crippen LogP contribution < -0.4 is 0 Å². The molecule has 0 spiro atoms. The van der Waals surface area contributed by atoms with Crippen molar-refractivity contribution in [2.45, 2.75) is 33.3 Å². The zero-order valence-corrected chi connectivity index (χ0v) is 21.4. The molecule has 0 saturated carbocycles. The van der Waals surface area contributed by atoms with Crippen molar-refractivity contribution in [1.29, 1.82) is 0 Å².